The van der Waals surface area contributed by atoms with Gasteiger partial charge in [-0.1, -0.05) is 29.8 Å². The number of carbonyl (C=O) groups excluding carboxylic acids is 2. The molecule has 2 amide bonds. The molecule has 0 heterocycles. The summed E-state index contributed by atoms with van der Waals surface area (Å²) in [6.07, 6.45) is -0.307. The van der Waals surface area contributed by atoms with Crippen LogP contribution in [0.25, 0.3) is 0 Å². The van der Waals surface area contributed by atoms with Crippen molar-refractivity contribution in [2.45, 2.75) is 27.2 Å². The molecule has 1 N–H and O–H groups in total. The van der Waals surface area contributed by atoms with E-state index < -0.39 is 6.09 Å². The molecule has 0 aliphatic rings. The zero-order valence-electron chi connectivity index (χ0n) is 11.6. The molecule has 104 valence electrons. The SMILES string of the molecule is CCOC(=O)N(CC)NC(=O)Cc1ccc(C)cc1. The lowest BCUT2D eigenvalue weighted by atomic mass is 10.1. The maximum atomic E-state index is 11.8. The Balaban J connectivity index is 2.53. The molecule has 0 aliphatic carbocycles. The molecule has 1 rings (SSSR count). The van der Waals surface area contributed by atoms with E-state index in [9.17, 15) is 9.59 Å². The summed E-state index contributed by atoms with van der Waals surface area (Å²) in [5, 5.41) is 1.17. The average molecular weight is 264 g/mol. The number of amides is 2. The number of nitrogens with one attached hydrogen (secondary N) is 1. The number of hydrazine groups is 1. The Morgan fingerprint density at radius 3 is 2.37 bits per heavy atom. The molecular weight excluding hydrogens is 244 g/mol. The quantitative estimate of drug-likeness (QED) is 0.847. The van der Waals surface area contributed by atoms with Crippen LogP contribution in [0.1, 0.15) is 25.0 Å². The summed E-state index contributed by atoms with van der Waals surface area (Å²) in [5.41, 5.74) is 4.58. The summed E-state index contributed by atoms with van der Waals surface area (Å²) >= 11 is 0. The maximum Gasteiger partial charge on any atom is 0.428 e. The second-order valence-corrected chi connectivity index (χ2v) is 4.14. The van der Waals surface area contributed by atoms with Crippen LogP contribution in [-0.2, 0) is 16.0 Å². The molecule has 19 heavy (non-hydrogen) atoms. The van der Waals surface area contributed by atoms with Crippen molar-refractivity contribution in [1.82, 2.24) is 10.4 Å². The molecule has 0 unspecified atom stereocenters. The van der Waals surface area contributed by atoms with Crippen molar-refractivity contribution in [3.63, 3.8) is 0 Å². The van der Waals surface area contributed by atoms with Gasteiger partial charge in [-0.15, -0.1) is 0 Å². The molecule has 1 aromatic carbocycles. The van der Waals surface area contributed by atoms with Crippen LogP contribution in [0.4, 0.5) is 4.79 Å². The zero-order chi connectivity index (χ0) is 14.3. The Hall–Kier alpha value is -2.04. The zero-order valence-corrected chi connectivity index (χ0v) is 11.6. The van der Waals surface area contributed by atoms with Gasteiger partial charge in [0.05, 0.1) is 13.0 Å². The Labute approximate surface area is 113 Å². The van der Waals surface area contributed by atoms with Gasteiger partial charge in [0.15, 0.2) is 0 Å². The van der Waals surface area contributed by atoms with E-state index in [1.807, 2.05) is 31.2 Å². The Bertz CT molecular complexity index is 429. The molecule has 0 saturated heterocycles. The molecule has 5 nitrogen and oxygen atoms in total. The number of hydrogen-bond donors (Lipinski definition) is 1. The number of rotatable bonds is 4. The van der Waals surface area contributed by atoms with Gasteiger partial charge in [0.25, 0.3) is 0 Å². The van der Waals surface area contributed by atoms with Gasteiger partial charge < -0.3 is 4.74 Å². The minimum atomic E-state index is -0.540. The number of ether oxygens (including phenoxy) is 1. The second kappa shape index (κ2) is 7.41. The van der Waals surface area contributed by atoms with Crippen molar-refractivity contribution >= 4 is 12.0 Å². The summed E-state index contributed by atoms with van der Waals surface area (Å²) in [6.45, 7) is 6.12. The molecule has 0 bridgehead atoms. The van der Waals surface area contributed by atoms with E-state index >= 15 is 0 Å². The van der Waals surface area contributed by atoms with E-state index in [-0.39, 0.29) is 18.9 Å². The Morgan fingerprint density at radius 2 is 1.84 bits per heavy atom. The lowest BCUT2D eigenvalue weighted by Gasteiger charge is -2.20. The summed E-state index contributed by atoms with van der Waals surface area (Å²) in [4.78, 5) is 23.3. The number of aryl methyl sites for hydroxylation is 1. The number of hydrogen-bond acceptors (Lipinski definition) is 3. The third-order valence-electron chi connectivity index (χ3n) is 2.55. The van der Waals surface area contributed by atoms with Crippen LogP contribution in [0.5, 0.6) is 0 Å². The molecule has 0 aromatic heterocycles. The third-order valence-corrected chi connectivity index (χ3v) is 2.55. The fourth-order valence-corrected chi connectivity index (χ4v) is 1.54. The molecule has 0 aliphatic heterocycles. The van der Waals surface area contributed by atoms with Crippen molar-refractivity contribution in [3.05, 3.63) is 35.4 Å². The van der Waals surface area contributed by atoms with E-state index in [4.69, 9.17) is 4.74 Å². The van der Waals surface area contributed by atoms with Crippen LogP contribution in [-0.4, -0.2) is 30.2 Å². The first kappa shape index (κ1) is 15.0. The van der Waals surface area contributed by atoms with E-state index in [0.717, 1.165) is 11.1 Å². The molecule has 0 atom stereocenters. The first-order valence-corrected chi connectivity index (χ1v) is 6.36. The van der Waals surface area contributed by atoms with Crippen molar-refractivity contribution in [3.8, 4) is 0 Å². The Morgan fingerprint density at radius 1 is 1.21 bits per heavy atom. The van der Waals surface area contributed by atoms with Crippen molar-refractivity contribution in [1.29, 1.82) is 0 Å². The van der Waals surface area contributed by atoms with Gasteiger partial charge >= 0.3 is 6.09 Å². The topological polar surface area (TPSA) is 58.6 Å². The predicted octanol–water partition coefficient (Wildman–Crippen LogP) is 2.05. The highest BCUT2D eigenvalue weighted by Gasteiger charge is 2.15. The van der Waals surface area contributed by atoms with Crippen LogP contribution < -0.4 is 5.43 Å². The highest BCUT2D eigenvalue weighted by atomic mass is 16.6. The van der Waals surface area contributed by atoms with Crippen LogP contribution in [0.15, 0.2) is 24.3 Å². The lowest BCUT2D eigenvalue weighted by molar-refractivity contribution is -0.124. The molecule has 0 saturated carbocycles. The van der Waals surface area contributed by atoms with Crippen LogP contribution in [0.2, 0.25) is 0 Å². The van der Waals surface area contributed by atoms with E-state index in [1.54, 1.807) is 13.8 Å². The smallest absolute Gasteiger partial charge is 0.428 e. The summed E-state index contributed by atoms with van der Waals surface area (Å²) in [5.74, 6) is -0.237. The number of nitrogens with zero attached hydrogens (tertiary/aromatic N) is 1. The van der Waals surface area contributed by atoms with E-state index in [2.05, 4.69) is 5.43 Å². The van der Waals surface area contributed by atoms with E-state index in [1.165, 1.54) is 5.01 Å². The molecule has 1 aromatic rings. The van der Waals surface area contributed by atoms with Gasteiger partial charge in [0, 0.05) is 6.54 Å². The largest absolute Gasteiger partial charge is 0.448 e. The highest BCUT2D eigenvalue weighted by Crippen LogP contribution is 2.04. The van der Waals surface area contributed by atoms with E-state index in [0.29, 0.717) is 6.54 Å². The van der Waals surface area contributed by atoms with Crippen LogP contribution >= 0.6 is 0 Å². The van der Waals surface area contributed by atoms with Crippen molar-refractivity contribution in [2.24, 2.45) is 0 Å². The maximum absolute atomic E-state index is 11.8. The van der Waals surface area contributed by atoms with Gasteiger partial charge in [-0.05, 0) is 26.3 Å². The van der Waals surface area contributed by atoms with Crippen LogP contribution in [0, 0.1) is 6.92 Å². The molecule has 5 heteroatoms. The highest BCUT2D eigenvalue weighted by molar-refractivity contribution is 5.81. The van der Waals surface area contributed by atoms with Crippen molar-refractivity contribution < 1.29 is 14.3 Å². The summed E-state index contributed by atoms with van der Waals surface area (Å²) < 4.78 is 4.83. The van der Waals surface area contributed by atoms with Gasteiger partial charge in [0.1, 0.15) is 0 Å². The monoisotopic (exact) mass is 264 g/mol. The predicted molar refractivity (Wildman–Crippen MR) is 72.4 cm³/mol. The average Bonchev–Trinajstić information content (AvgIpc) is 2.39. The number of benzene rings is 1. The molecule has 0 spiro atoms. The summed E-state index contributed by atoms with van der Waals surface area (Å²) in [6, 6.07) is 7.70. The molecular formula is C14H20N2O3. The first-order chi connectivity index (χ1) is 9.06. The summed E-state index contributed by atoms with van der Waals surface area (Å²) in [7, 11) is 0. The van der Waals surface area contributed by atoms with Gasteiger partial charge in [0.2, 0.25) is 5.91 Å². The van der Waals surface area contributed by atoms with Gasteiger partial charge in [-0.2, -0.15) is 0 Å². The fraction of sp³-hybridized carbons (Fsp3) is 0.429. The van der Waals surface area contributed by atoms with Gasteiger partial charge in [-0.3, -0.25) is 10.2 Å². The molecule has 0 fully saturated rings. The second-order valence-electron chi connectivity index (χ2n) is 4.14. The normalized spacial score (nSPS) is 9.84. The number of carbonyl (C=O) groups is 2. The first-order valence-electron chi connectivity index (χ1n) is 6.36. The lowest BCUT2D eigenvalue weighted by Crippen LogP contribution is -2.46. The minimum Gasteiger partial charge on any atom is -0.448 e. The standard InChI is InChI=1S/C14H20N2O3/c1-4-16(14(18)19-5-2)15-13(17)10-12-8-6-11(3)7-9-12/h6-9H,4-5,10H2,1-3H3,(H,15,17). The van der Waals surface area contributed by atoms with Crippen molar-refractivity contribution in [2.75, 3.05) is 13.2 Å². The van der Waals surface area contributed by atoms with Gasteiger partial charge in [-0.25, -0.2) is 9.80 Å². The van der Waals surface area contributed by atoms with Crippen LogP contribution in [0.3, 0.4) is 0 Å². The minimum absolute atomic E-state index is 0.232. The third kappa shape index (κ3) is 4.99. The Kier molecular flexibility index (Phi) is 5.85. The molecule has 0 radical (unpaired) electrons. The fourth-order valence-electron chi connectivity index (χ4n) is 1.54.